The van der Waals surface area contributed by atoms with Crippen molar-refractivity contribution in [3.05, 3.63) is 193 Å². The van der Waals surface area contributed by atoms with Crippen molar-refractivity contribution in [1.29, 1.82) is 0 Å². The average molecular weight is 643 g/mol. The van der Waals surface area contributed by atoms with Crippen molar-refractivity contribution in [3.8, 4) is 11.1 Å². The number of hydrazine groups is 2. The molecule has 0 fully saturated rings. The van der Waals surface area contributed by atoms with Gasteiger partial charge in [-0.05, 0) is 81.6 Å². The van der Waals surface area contributed by atoms with E-state index in [0.717, 1.165) is 24.5 Å². The van der Waals surface area contributed by atoms with Gasteiger partial charge < -0.3 is 0 Å². The fourth-order valence-corrected chi connectivity index (χ4v) is 7.83. The number of para-hydroxylation sites is 2. The summed E-state index contributed by atoms with van der Waals surface area (Å²) in [6.45, 7) is 1.64. The molecule has 50 heavy (non-hydrogen) atoms. The van der Waals surface area contributed by atoms with Gasteiger partial charge in [0.25, 0.3) is 0 Å². The standard InChI is InChI=1S/C46H34N4/c1-5-17-41-35(11-1)15-9-21-45(41)47-31-37-13-3-7-19-43(37)49(47)39-27-23-33(24-28-39)34-25-29-40(30-26-34)50-44-20-8-4-14-38(44)32-48(50)46-22-10-16-36-12-2-6-18-42(36)46/h1-30H,31-32H2. The monoisotopic (exact) mass is 642 g/mol. The smallest absolute Gasteiger partial charge is 0.0683 e. The molecule has 0 N–H and O–H groups in total. The van der Waals surface area contributed by atoms with E-state index in [4.69, 9.17) is 0 Å². The highest BCUT2D eigenvalue weighted by molar-refractivity contribution is 5.97. The quantitative estimate of drug-likeness (QED) is 0.185. The molecule has 0 aromatic heterocycles. The van der Waals surface area contributed by atoms with Gasteiger partial charge in [0.05, 0.1) is 47.2 Å². The molecule has 4 heteroatoms. The summed E-state index contributed by atoms with van der Waals surface area (Å²) in [5.41, 5.74) is 12.2. The molecule has 10 rings (SSSR count). The van der Waals surface area contributed by atoms with E-state index in [1.165, 1.54) is 66.5 Å². The van der Waals surface area contributed by atoms with E-state index in [-0.39, 0.29) is 0 Å². The number of hydrogen-bond acceptors (Lipinski definition) is 4. The summed E-state index contributed by atoms with van der Waals surface area (Å²) in [7, 11) is 0. The largest absolute Gasteiger partial charge is 0.276 e. The van der Waals surface area contributed by atoms with Crippen molar-refractivity contribution in [1.82, 2.24) is 0 Å². The third-order valence-corrected chi connectivity index (χ3v) is 10.2. The van der Waals surface area contributed by atoms with Gasteiger partial charge in [-0.3, -0.25) is 20.0 Å². The Bertz CT molecular complexity index is 2330. The zero-order valence-corrected chi connectivity index (χ0v) is 27.5. The molecule has 0 amide bonds. The molecule has 0 saturated heterocycles. The van der Waals surface area contributed by atoms with E-state index in [2.05, 4.69) is 202 Å². The second-order valence-electron chi connectivity index (χ2n) is 13.1. The Labute approximate surface area is 292 Å². The summed E-state index contributed by atoms with van der Waals surface area (Å²) < 4.78 is 0. The Morgan fingerprint density at radius 3 is 1.12 bits per heavy atom. The minimum Gasteiger partial charge on any atom is -0.276 e. The van der Waals surface area contributed by atoms with E-state index < -0.39 is 0 Å². The van der Waals surface area contributed by atoms with Crippen molar-refractivity contribution in [2.24, 2.45) is 0 Å². The Morgan fingerprint density at radius 1 is 0.300 bits per heavy atom. The van der Waals surface area contributed by atoms with Gasteiger partial charge in [-0.15, -0.1) is 0 Å². The number of nitrogens with zero attached hydrogens (tertiary/aromatic N) is 4. The van der Waals surface area contributed by atoms with Crippen LogP contribution in [0.1, 0.15) is 11.1 Å². The van der Waals surface area contributed by atoms with Crippen molar-refractivity contribution in [2.45, 2.75) is 13.1 Å². The summed E-state index contributed by atoms with van der Waals surface area (Å²) in [5.74, 6) is 0. The molecule has 2 aliphatic rings. The van der Waals surface area contributed by atoms with E-state index in [1.807, 2.05) is 0 Å². The SMILES string of the molecule is c1ccc2c(c1)CN(c1cccc3ccccc13)N2c1ccc(-c2ccc(N3c4ccccc4CN3c3cccc4ccccc34)cc2)cc1. The van der Waals surface area contributed by atoms with E-state index >= 15 is 0 Å². The topological polar surface area (TPSA) is 13.0 Å². The maximum Gasteiger partial charge on any atom is 0.0683 e. The zero-order valence-electron chi connectivity index (χ0n) is 27.5. The van der Waals surface area contributed by atoms with Crippen molar-refractivity contribution in [2.75, 3.05) is 20.0 Å². The summed E-state index contributed by atoms with van der Waals surface area (Å²) in [5, 5.41) is 14.6. The highest BCUT2D eigenvalue weighted by Crippen LogP contribution is 2.44. The normalized spacial score (nSPS) is 13.7. The minimum absolute atomic E-state index is 0.822. The Balaban J connectivity index is 0.985. The van der Waals surface area contributed by atoms with Crippen molar-refractivity contribution in [3.63, 3.8) is 0 Å². The Morgan fingerprint density at radius 2 is 0.660 bits per heavy atom. The van der Waals surface area contributed by atoms with Gasteiger partial charge in [-0.25, -0.2) is 0 Å². The van der Waals surface area contributed by atoms with Crippen LogP contribution in [-0.4, -0.2) is 0 Å². The highest BCUT2D eigenvalue weighted by atomic mass is 15.7. The fourth-order valence-electron chi connectivity index (χ4n) is 7.83. The Kier molecular flexibility index (Phi) is 6.59. The maximum absolute atomic E-state index is 2.41. The van der Waals surface area contributed by atoms with Crippen LogP contribution < -0.4 is 20.0 Å². The molecular formula is C46H34N4. The van der Waals surface area contributed by atoms with Crippen molar-refractivity contribution < 1.29 is 0 Å². The Hall–Kier alpha value is -6.52. The van der Waals surface area contributed by atoms with Crippen LogP contribution in [-0.2, 0) is 13.1 Å². The van der Waals surface area contributed by atoms with Crippen molar-refractivity contribution >= 4 is 55.7 Å². The van der Waals surface area contributed by atoms with E-state index in [0.29, 0.717) is 0 Å². The molecule has 8 aromatic rings. The molecule has 0 unspecified atom stereocenters. The third-order valence-electron chi connectivity index (χ3n) is 10.2. The van der Waals surface area contributed by atoms with E-state index in [1.54, 1.807) is 0 Å². The molecular weight excluding hydrogens is 609 g/mol. The molecule has 238 valence electrons. The van der Waals surface area contributed by atoms with Crippen LogP contribution in [0.4, 0.5) is 34.1 Å². The number of rotatable bonds is 5. The molecule has 0 aliphatic carbocycles. The molecule has 4 nitrogen and oxygen atoms in total. The number of fused-ring (bicyclic) bond motifs is 4. The molecule has 0 bridgehead atoms. The highest BCUT2D eigenvalue weighted by Gasteiger charge is 2.31. The lowest BCUT2D eigenvalue weighted by atomic mass is 10.0. The summed E-state index contributed by atoms with van der Waals surface area (Å²) in [6.07, 6.45) is 0. The molecule has 8 aromatic carbocycles. The predicted molar refractivity (Wildman–Crippen MR) is 209 cm³/mol. The minimum atomic E-state index is 0.822. The molecule has 0 atom stereocenters. The van der Waals surface area contributed by atoms with Gasteiger partial charge in [0.15, 0.2) is 0 Å². The molecule has 0 saturated carbocycles. The lowest BCUT2D eigenvalue weighted by molar-refractivity contribution is 0.881. The third kappa shape index (κ3) is 4.61. The van der Waals surface area contributed by atoms with E-state index in [9.17, 15) is 0 Å². The van der Waals surface area contributed by atoms with Crippen LogP contribution in [0.15, 0.2) is 182 Å². The molecule has 0 radical (unpaired) electrons. The molecule has 0 spiro atoms. The van der Waals surface area contributed by atoms with Crippen LogP contribution in [0.5, 0.6) is 0 Å². The zero-order chi connectivity index (χ0) is 33.0. The van der Waals surface area contributed by atoms with Gasteiger partial charge >= 0.3 is 0 Å². The first-order chi connectivity index (χ1) is 24.8. The summed E-state index contributed by atoms with van der Waals surface area (Å²) >= 11 is 0. The van der Waals surface area contributed by atoms with Crippen LogP contribution in [0.25, 0.3) is 32.7 Å². The fraction of sp³-hybridized carbons (Fsp3) is 0.0435. The summed E-state index contributed by atoms with van der Waals surface area (Å²) in [6, 6.07) is 66.0. The van der Waals surface area contributed by atoms with Gasteiger partial charge in [-0.2, -0.15) is 0 Å². The lowest BCUT2D eigenvalue weighted by Crippen LogP contribution is -2.33. The van der Waals surface area contributed by atoms with Crippen LogP contribution in [0.2, 0.25) is 0 Å². The first kappa shape index (κ1) is 28.5. The number of benzene rings is 8. The first-order valence-electron chi connectivity index (χ1n) is 17.3. The molecule has 2 heterocycles. The number of anilines is 6. The van der Waals surface area contributed by atoms with Gasteiger partial charge in [-0.1, -0.05) is 133 Å². The first-order valence-corrected chi connectivity index (χ1v) is 17.3. The number of hydrogen-bond donors (Lipinski definition) is 0. The van der Waals surface area contributed by atoms with Crippen LogP contribution in [0, 0.1) is 0 Å². The van der Waals surface area contributed by atoms with Gasteiger partial charge in [0, 0.05) is 10.8 Å². The average Bonchev–Trinajstić information content (AvgIpc) is 3.77. The summed E-state index contributed by atoms with van der Waals surface area (Å²) in [4.78, 5) is 0. The van der Waals surface area contributed by atoms with Crippen LogP contribution in [0.3, 0.4) is 0 Å². The second kappa shape index (κ2) is 11.6. The van der Waals surface area contributed by atoms with Gasteiger partial charge in [0.1, 0.15) is 0 Å². The van der Waals surface area contributed by atoms with Gasteiger partial charge in [0.2, 0.25) is 0 Å². The van der Waals surface area contributed by atoms with Crippen LogP contribution >= 0.6 is 0 Å². The second-order valence-corrected chi connectivity index (χ2v) is 13.1. The predicted octanol–water partition coefficient (Wildman–Crippen LogP) is 11.8. The lowest BCUT2D eigenvalue weighted by Gasteiger charge is -2.33. The molecule has 2 aliphatic heterocycles. The maximum atomic E-state index is 2.41.